The number of fused-ring (bicyclic) bond motifs is 5. The lowest BCUT2D eigenvalue weighted by Crippen LogP contribution is -2.52. The van der Waals surface area contributed by atoms with Crippen molar-refractivity contribution >= 4 is 89.9 Å². The van der Waals surface area contributed by atoms with E-state index in [4.69, 9.17) is 23.2 Å². The molecule has 2 bridgehead atoms. The molecule has 0 radical (unpaired) electrons. The smallest absolute Gasteiger partial charge is 0.274 e. The van der Waals surface area contributed by atoms with Gasteiger partial charge >= 0.3 is 0 Å². The molecular formula is C22H16Br2Cl2N2O4S. The Labute approximate surface area is 220 Å². The lowest BCUT2D eigenvalue weighted by molar-refractivity contribution is -0.154. The van der Waals surface area contributed by atoms with Crippen LogP contribution in [0.2, 0.25) is 10.0 Å². The van der Waals surface area contributed by atoms with Crippen molar-refractivity contribution in [2.24, 2.45) is 23.7 Å². The van der Waals surface area contributed by atoms with Gasteiger partial charge in [0.05, 0.1) is 27.3 Å². The zero-order valence-electron chi connectivity index (χ0n) is 16.8. The van der Waals surface area contributed by atoms with Crippen LogP contribution in [0.15, 0.2) is 35.7 Å². The minimum atomic E-state index is -0.707. The monoisotopic (exact) mass is 632 g/mol. The number of amides is 3. The van der Waals surface area contributed by atoms with E-state index in [0.717, 1.165) is 16.4 Å². The van der Waals surface area contributed by atoms with E-state index in [0.29, 0.717) is 9.90 Å². The summed E-state index contributed by atoms with van der Waals surface area (Å²) in [7, 11) is 0. The molecule has 172 valence electrons. The second-order valence-corrected chi connectivity index (χ2v) is 12.3. The van der Waals surface area contributed by atoms with E-state index < -0.39 is 36.1 Å². The summed E-state index contributed by atoms with van der Waals surface area (Å²) >= 11 is 20.8. The van der Waals surface area contributed by atoms with Gasteiger partial charge in [0.15, 0.2) is 5.78 Å². The molecule has 0 unspecified atom stereocenters. The number of benzene rings is 1. The maximum atomic E-state index is 13.6. The van der Waals surface area contributed by atoms with Gasteiger partial charge in [0.2, 0.25) is 0 Å². The van der Waals surface area contributed by atoms with Gasteiger partial charge in [0, 0.05) is 14.7 Å². The summed E-state index contributed by atoms with van der Waals surface area (Å²) in [6.45, 7) is -0.458. The lowest BCUT2D eigenvalue weighted by Gasteiger charge is -2.31. The Balaban J connectivity index is 1.53. The lowest BCUT2D eigenvalue weighted by atomic mass is 9.81. The predicted molar refractivity (Wildman–Crippen MR) is 132 cm³/mol. The minimum absolute atomic E-state index is 0.0186. The number of nitrogens with zero attached hydrogens (tertiary/aromatic N) is 2. The van der Waals surface area contributed by atoms with Gasteiger partial charge in [0.1, 0.15) is 6.54 Å². The number of carbonyl (C=O) groups is 4. The van der Waals surface area contributed by atoms with Gasteiger partial charge in [-0.25, -0.2) is 5.01 Å². The number of ketones is 1. The van der Waals surface area contributed by atoms with Crippen LogP contribution < -0.4 is 0 Å². The highest BCUT2D eigenvalue weighted by atomic mass is 79.9. The molecule has 1 aliphatic heterocycles. The van der Waals surface area contributed by atoms with Gasteiger partial charge in [-0.05, 0) is 47.9 Å². The summed E-state index contributed by atoms with van der Waals surface area (Å²) in [4.78, 5) is 54.1. The fraction of sp³-hybridized carbons (Fsp3) is 0.364. The average molecular weight is 635 g/mol. The zero-order chi connectivity index (χ0) is 23.6. The summed E-state index contributed by atoms with van der Waals surface area (Å²) in [5, 5.41) is 3.99. The third kappa shape index (κ3) is 3.71. The van der Waals surface area contributed by atoms with E-state index in [1.165, 1.54) is 29.5 Å². The molecule has 0 N–H and O–H groups in total. The van der Waals surface area contributed by atoms with Gasteiger partial charge in [-0.1, -0.05) is 61.1 Å². The number of imide groups is 1. The summed E-state index contributed by atoms with van der Waals surface area (Å²) in [5.74, 6) is -3.05. The van der Waals surface area contributed by atoms with Crippen LogP contribution >= 0.6 is 66.4 Å². The Kier molecular flexibility index (Phi) is 6.23. The summed E-state index contributed by atoms with van der Waals surface area (Å²) in [6, 6.07) is 7.68. The van der Waals surface area contributed by atoms with E-state index in [-0.39, 0.29) is 37.9 Å². The van der Waals surface area contributed by atoms with E-state index >= 15 is 0 Å². The molecule has 3 amide bonds. The summed E-state index contributed by atoms with van der Waals surface area (Å²) in [6.07, 6.45) is 0.761. The van der Waals surface area contributed by atoms with Crippen LogP contribution in [0.4, 0.5) is 0 Å². The highest BCUT2D eigenvalue weighted by molar-refractivity contribution is 9.12. The van der Waals surface area contributed by atoms with Gasteiger partial charge < -0.3 is 0 Å². The van der Waals surface area contributed by atoms with Crippen molar-refractivity contribution in [3.63, 3.8) is 0 Å². The number of alkyl halides is 2. The first-order valence-electron chi connectivity index (χ1n) is 10.2. The molecule has 0 spiro atoms. The number of hydrogen-bond donors (Lipinski definition) is 0. The molecule has 3 fully saturated rings. The molecule has 1 aromatic heterocycles. The maximum Gasteiger partial charge on any atom is 0.274 e. The van der Waals surface area contributed by atoms with Crippen LogP contribution in [0.5, 0.6) is 0 Å². The zero-order valence-corrected chi connectivity index (χ0v) is 22.3. The number of hydrazine groups is 1. The molecule has 2 aliphatic carbocycles. The molecule has 2 heterocycles. The van der Waals surface area contributed by atoms with Crippen molar-refractivity contribution in [2.75, 3.05) is 6.54 Å². The van der Waals surface area contributed by atoms with Crippen LogP contribution in [0.1, 0.15) is 26.5 Å². The first-order valence-corrected chi connectivity index (χ1v) is 13.7. The average Bonchev–Trinajstić information content (AvgIpc) is 3.53. The Morgan fingerprint density at radius 1 is 1.06 bits per heavy atom. The Morgan fingerprint density at radius 2 is 1.70 bits per heavy atom. The predicted octanol–water partition coefficient (Wildman–Crippen LogP) is 5.07. The second-order valence-electron chi connectivity index (χ2n) is 8.38. The Bertz CT molecular complexity index is 1150. The second kappa shape index (κ2) is 8.75. The Hall–Kier alpha value is -1.26. The van der Waals surface area contributed by atoms with Crippen molar-refractivity contribution in [1.29, 1.82) is 0 Å². The first-order chi connectivity index (χ1) is 15.7. The molecule has 2 aromatic rings. The van der Waals surface area contributed by atoms with Crippen LogP contribution in [0, 0.1) is 23.7 Å². The maximum absolute atomic E-state index is 13.6. The number of thiophene rings is 1. The third-order valence-electron chi connectivity index (χ3n) is 6.69. The Morgan fingerprint density at radius 3 is 2.24 bits per heavy atom. The number of hydrogen-bond acceptors (Lipinski definition) is 5. The molecule has 1 aromatic carbocycles. The van der Waals surface area contributed by atoms with Gasteiger partial charge in [-0.2, -0.15) is 5.01 Å². The van der Waals surface area contributed by atoms with E-state index in [1.54, 1.807) is 17.5 Å². The molecule has 11 heteroatoms. The fourth-order valence-electron chi connectivity index (χ4n) is 5.26. The number of Topliss-reactive ketones (excluding diaryl/α,β-unsaturated/α-hetero) is 1. The van der Waals surface area contributed by atoms with Crippen LogP contribution in [0.3, 0.4) is 0 Å². The molecule has 6 nitrogen and oxygen atoms in total. The number of halogens is 4. The van der Waals surface area contributed by atoms with Gasteiger partial charge in [-0.15, -0.1) is 11.3 Å². The highest BCUT2D eigenvalue weighted by Crippen LogP contribution is 2.60. The highest BCUT2D eigenvalue weighted by Gasteiger charge is 2.67. The molecule has 1 saturated heterocycles. The molecule has 5 rings (SSSR count). The molecule has 2 saturated carbocycles. The van der Waals surface area contributed by atoms with Crippen molar-refractivity contribution in [3.05, 3.63) is 56.2 Å². The van der Waals surface area contributed by atoms with Crippen molar-refractivity contribution < 1.29 is 19.2 Å². The van der Waals surface area contributed by atoms with Crippen molar-refractivity contribution in [3.8, 4) is 0 Å². The summed E-state index contributed by atoms with van der Waals surface area (Å²) < 4.78 is 0. The molecule has 33 heavy (non-hydrogen) atoms. The van der Waals surface area contributed by atoms with E-state index in [9.17, 15) is 19.2 Å². The first kappa shape index (κ1) is 23.5. The minimum Gasteiger partial charge on any atom is -0.291 e. The molecule has 6 atom stereocenters. The van der Waals surface area contributed by atoms with Crippen molar-refractivity contribution in [1.82, 2.24) is 10.0 Å². The van der Waals surface area contributed by atoms with Crippen LogP contribution in [-0.2, 0) is 9.59 Å². The SMILES string of the molecule is O=C(CN(C(=O)c1ccc(Cl)cc1Cl)N1C(=O)[C@@H]2[C@H]3C[C@@H]([C@H](Br)[C@@H]3Br)[C@@H]2C1=O)c1cccs1. The normalized spacial score (nSPS) is 30.1. The standard InChI is InChI=1S/C22H16Br2Cl2N2O4S/c23-18-11-7-12(19(18)24)17-16(11)21(31)28(22(17)32)27(8-14(29)15-2-1-5-33-15)20(30)10-4-3-9(25)6-13(10)26/h1-6,11-12,16-19H,7-8H2/t11-,12-,16-,17+,18-,19+/m1/s1. The third-order valence-corrected chi connectivity index (χ3v) is 11.4. The van der Waals surface area contributed by atoms with Crippen LogP contribution in [0.25, 0.3) is 0 Å². The molecular weight excluding hydrogens is 619 g/mol. The van der Waals surface area contributed by atoms with E-state index in [2.05, 4.69) is 31.9 Å². The van der Waals surface area contributed by atoms with Gasteiger partial charge in [-0.3, -0.25) is 19.2 Å². The van der Waals surface area contributed by atoms with Crippen molar-refractivity contribution in [2.45, 2.75) is 16.1 Å². The quantitative estimate of drug-likeness (QED) is 0.262. The fourth-order valence-corrected chi connectivity index (χ4v) is 8.28. The summed E-state index contributed by atoms with van der Waals surface area (Å²) in [5.41, 5.74) is 0.0532. The topological polar surface area (TPSA) is 74.8 Å². The van der Waals surface area contributed by atoms with E-state index in [1.807, 2.05) is 0 Å². The number of rotatable bonds is 5. The number of carbonyl (C=O) groups excluding carboxylic acids is 4. The largest absolute Gasteiger partial charge is 0.291 e. The van der Waals surface area contributed by atoms with Crippen LogP contribution in [-0.4, -0.2) is 49.7 Å². The van der Waals surface area contributed by atoms with Gasteiger partial charge in [0.25, 0.3) is 17.7 Å². The molecule has 3 aliphatic rings.